The number of amides is 3. The molecule has 2 fully saturated rings. The molecule has 13 heteroatoms. The highest BCUT2D eigenvalue weighted by molar-refractivity contribution is 5.87. The zero-order valence-electron chi connectivity index (χ0n) is 30.7. The normalized spacial score (nSPS) is 19.1. The summed E-state index contributed by atoms with van der Waals surface area (Å²) in [5.41, 5.74) is 4.40. The van der Waals surface area contributed by atoms with E-state index >= 15 is 0 Å². The minimum atomic E-state index is -1.23. The highest BCUT2D eigenvalue weighted by atomic mass is 16.6. The van der Waals surface area contributed by atoms with Gasteiger partial charge in [-0.15, -0.1) is 0 Å². The van der Waals surface area contributed by atoms with Crippen LogP contribution < -0.4 is 16.0 Å². The molecule has 1 aliphatic carbocycles. The molecule has 53 heavy (non-hydrogen) atoms. The molecule has 1 unspecified atom stereocenters. The van der Waals surface area contributed by atoms with Crippen LogP contribution in [0, 0.1) is 0 Å². The lowest BCUT2D eigenvalue weighted by Gasteiger charge is -2.28. The lowest BCUT2D eigenvalue weighted by atomic mass is 9.98. The van der Waals surface area contributed by atoms with E-state index in [4.69, 9.17) is 18.9 Å². The average Bonchev–Trinajstić information content (AvgIpc) is 3.86. The zero-order valence-corrected chi connectivity index (χ0v) is 30.7. The number of fused-ring (bicyclic) bond motifs is 3. The first-order chi connectivity index (χ1) is 25.3. The molecule has 3 aliphatic rings. The number of carbonyl (C=O) groups is 5. The summed E-state index contributed by atoms with van der Waals surface area (Å²) >= 11 is 0. The molecule has 4 atom stereocenters. The maximum atomic E-state index is 13.3. The third kappa shape index (κ3) is 10.3. The number of carbonyl (C=O) groups excluding carboxylic acids is 5. The number of rotatable bonds is 15. The van der Waals surface area contributed by atoms with Gasteiger partial charge in [-0.1, -0.05) is 73.3 Å². The lowest BCUT2D eigenvalue weighted by molar-refractivity contribution is -0.157. The predicted molar refractivity (Wildman–Crippen MR) is 196 cm³/mol. The molecule has 2 heterocycles. The quantitative estimate of drug-likeness (QED) is 0.138. The standard InChI is InChI=1S/C40H50N4O9/c1-6-20-51-37(47)31(16-18-35(46)44-19-21-50-36(44)33-22-25(2)23-41-33)42-34(45)17-15-32(38(48)53-40(3,4)5)43-39(49)52-24-30-28-13-9-7-11-26(28)27-12-8-10-14-29(27)30/h6-14,30-33,36,41H,1-2,15-24H2,3-5H3,(H,42,45)(H,43,49)/t31-,32-,33-,36?/m0/s1. The van der Waals surface area contributed by atoms with Gasteiger partial charge in [-0.25, -0.2) is 14.4 Å². The highest BCUT2D eigenvalue weighted by Gasteiger charge is 2.38. The third-order valence-corrected chi connectivity index (χ3v) is 9.31. The van der Waals surface area contributed by atoms with Gasteiger partial charge >= 0.3 is 18.0 Å². The van der Waals surface area contributed by atoms with Crippen LogP contribution in [0.3, 0.4) is 0 Å². The van der Waals surface area contributed by atoms with Crippen LogP contribution in [-0.2, 0) is 38.1 Å². The van der Waals surface area contributed by atoms with Crippen LogP contribution in [0.4, 0.5) is 4.79 Å². The van der Waals surface area contributed by atoms with Crippen molar-refractivity contribution >= 4 is 29.8 Å². The Labute approximate surface area is 310 Å². The summed E-state index contributed by atoms with van der Waals surface area (Å²) in [6, 6.07) is 13.4. The number of hydrogen-bond acceptors (Lipinski definition) is 10. The predicted octanol–water partition coefficient (Wildman–Crippen LogP) is 4.11. The molecule has 3 N–H and O–H groups in total. The maximum absolute atomic E-state index is 13.3. The van der Waals surface area contributed by atoms with Crippen molar-refractivity contribution in [1.29, 1.82) is 0 Å². The van der Waals surface area contributed by atoms with E-state index in [2.05, 4.69) is 29.1 Å². The van der Waals surface area contributed by atoms with Crippen molar-refractivity contribution in [3.05, 3.63) is 84.5 Å². The number of ether oxygens (including phenoxy) is 4. The molecular weight excluding hydrogens is 680 g/mol. The Bertz CT molecular complexity index is 1660. The van der Waals surface area contributed by atoms with Crippen molar-refractivity contribution in [3.8, 4) is 11.1 Å². The van der Waals surface area contributed by atoms with Gasteiger partial charge in [0.25, 0.3) is 0 Å². The molecule has 0 aromatic heterocycles. The number of alkyl carbamates (subject to hydrolysis) is 1. The molecule has 5 rings (SSSR count). The highest BCUT2D eigenvalue weighted by Crippen LogP contribution is 2.44. The second-order valence-corrected chi connectivity index (χ2v) is 14.5. The van der Waals surface area contributed by atoms with E-state index in [-0.39, 0.29) is 56.8 Å². The van der Waals surface area contributed by atoms with E-state index in [1.54, 1.807) is 25.7 Å². The van der Waals surface area contributed by atoms with Gasteiger partial charge in [-0.2, -0.15) is 0 Å². The summed E-state index contributed by atoms with van der Waals surface area (Å²) in [7, 11) is 0. The van der Waals surface area contributed by atoms with Gasteiger partial charge in [0, 0.05) is 31.8 Å². The molecule has 284 valence electrons. The molecule has 2 aromatic rings. The fourth-order valence-electron chi connectivity index (χ4n) is 6.87. The maximum Gasteiger partial charge on any atom is 0.407 e. The minimum absolute atomic E-state index is 0.0257. The van der Waals surface area contributed by atoms with Crippen LogP contribution in [-0.4, -0.2) is 97.6 Å². The Morgan fingerprint density at radius 2 is 1.58 bits per heavy atom. The Morgan fingerprint density at radius 1 is 0.943 bits per heavy atom. The van der Waals surface area contributed by atoms with Crippen LogP contribution in [0.15, 0.2) is 73.3 Å². The molecule has 3 amide bonds. The van der Waals surface area contributed by atoms with Crippen molar-refractivity contribution in [2.45, 2.75) is 88.7 Å². The first-order valence-electron chi connectivity index (χ1n) is 18.1. The Kier molecular flexibility index (Phi) is 13.1. The Balaban J connectivity index is 1.18. The Hall–Kier alpha value is -5.01. The summed E-state index contributed by atoms with van der Waals surface area (Å²) in [5.74, 6) is -2.47. The first-order valence-corrected chi connectivity index (χ1v) is 18.1. The van der Waals surface area contributed by atoms with Crippen molar-refractivity contribution in [1.82, 2.24) is 20.9 Å². The lowest BCUT2D eigenvalue weighted by Crippen LogP contribution is -2.48. The summed E-state index contributed by atoms with van der Waals surface area (Å²) in [6.07, 6.45) is 0.327. The largest absolute Gasteiger partial charge is 0.460 e. The van der Waals surface area contributed by atoms with E-state index in [1.165, 1.54) is 6.08 Å². The van der Waals surface area contributed by atoms with Gasteiger partial charge in [0.05, 0.1) is 12.6 Å². The van der Waals surface area contributed by atoms with Crippen LogP contribution in [0.1, 0.15) is 69.9 Å². The minimum Gasteiger partial charge on any atom is -0.460 e. The average molecular weight is 731 g/mol. The second-order valence-electron chi connectivity index (χ2n) is 14.5. The van der Waals surface area contributed by atoms with E-state index in [0.717, 1.165) is 27.8 Å². The molecule has 0 spiro atoms. The fraction of sp³-hybridized carbons (Fsp3) is 0.475. The van der Waals surface area contributed by atoms with Gasteiger partial charge in [0.1, 0.15) is 37.1 Å². The molecule has 2 aliphatic heterocycles. The number of nitrogens with zero attached hydrogens (tertiary/aromatic N) is 1. The second kappa shape index (κ2) is 17.7. The monoisotopic (exact) mass is 730 g/mol. The molecule has 0 bridgehead atoms. The number of hydrogen-bond donors (Lipinski definition) is 3. The SMILES string of the molecule is C=CCOC(=O)[C@H](CCC(=O)N1CCOC1[C@@H]1CC(=C)CN1)NC(=O)CC[C@H](NC(=O)OCC1c2ccccc2-c2ccccc21)C(=O)OC(C)(C)C. The summed E-state index contributed by atoms with van der Waals surface area (Å²) in [4.78, 5) is 67.5. The molecule has 13 nitrogen and oxygen atoms in total. The number of esters is 2. The van der Waals surface area contributed by atoms with E-state index in [9.17, 15) is 24.0 Å². The van der Waals surface area contributed by atoms with Crippen molar-refractivity contribution < 1.29 is 42.9 Å². The zero-order chi connectivity index (χ0) is 38.1. The van der Waals surface area contributed by atoms with Gasteiger partial charge in [0.15, 0.2) is 0 Å². The summed E-state index contributed by atoms with van der Waals surface area (Å²) < 4.78 is 22.3. The topological polar surface area (TPSA) is 162 Å². The molecule has 0 saturated carbocycles. The molecule has 0 radical (unpaired) electrons. The summed E-state index contributed by atoms with van der Waals surface area (Å²) in [5, 5.41) is 8.55. The van der Waals surface area contributed by atoms with Crippen LogP contribution in [0.25, 0.3) is 11.1 Å². The third-order valence-electron chi connectivity index (χ3n) is 9.31. The van der Waals surface area contributed by atoms with Crippen molar-refractivity contribution in [3.63, 3.8) is 0 Å². The van der Waals surface area contributed by atoms with E-state index in [1.807, 2.05) is 48.5 Å². The van der Waals surface area contributed by atoms with Crippen molar-refractivity contribution in [2.24, 2.45) is 0 Å². The summed E-state index contributed by atoms with van der Waals surface area (Å²) in [6.45, 7) is 14.1. The van der Waals surface area contributed by atoms with Gasteiger partial charge < -0.3 is 39.8 Å². The first kappa shape index (κ1) is 39.2. The van der Waals surface area contributed by atoms with E-state index in [0.29, 0.717) is 26.1 Å². The van der Waals surface area contributed by atoms with E-state index < -0.39 is 47.9 Å². The Morgan fingerprint density at radius 3 is 2.21 bits per heavy atom. The van der Waals surface area contributed by atoms with Gasteiger partial charge in [0.2, 0.25) is 11.8 Å². The number of benzene rings is 2. The van der Waals surface area contributed by atoms with Crippen LogP contribution in [0.2, 0.25) is 0 Å². The fourth-order valence-corrected chi connectivity index (χ4v) is 6.87. The molecule has 2 saturated heterocycles. The van der Waals surface area contributed by atoms with Crippen molar-refractivity contribution in [2.75, 3.05) is 32.9 Å². The van der Waals surface area contributed by atoms with Crippen LogP contribution in [0.5, 0.6) is 0 Å². The van der Waals surface area contributed by atoms with Gasteiger partial charge in [-0.3, -0.25) is 9.59 Å². The number of nitrogens with one attached hydrogen (secondary N) is 3. The smallest absolute Gasteiger partial charge is 0.407 e. The molecule has 2 aromatic carbocycles. The van der Waals surface area contributed by atoms with Crippen LogP contribution >= 0.6 is 0 Å². The molecular formula is C40H50N4O9. The van der Waals surface area contributed by atoms with Gasteiger partial charge in [-0.05, 0) is 62.3 Å².